The van der Waals surface area contributed by atoms with Crippen LogP contribution in [0.1, 0.15) is 19.8 Å². The van der Waals surface area contributed by atoms with E-state index < -0.39 is 16.8 Å². The zero-order chi connectivity index (χ0) is 7.98. The van der Waals surface area contributed by atoms with Crippen molar-refractivity contribution in [2.75, 3.05) is 6.61 Å². The third-order valence-corrected chi connectivity index (χ3v) is 1.53. The smallest absolute Gasteiger partial charge is 0.286 e. The van der Waals surface area contributed by atoms with Gasteiger partial charge in [0.1, 0.15) is 0 Å². The summed E-state index contributed by atoms with van der Waals surface area (Å²) in [7, 11) is 0. The Hall–Kier alpha value is -0.0300. The Bertz CT molecular complexity index is 108. The average Bonchev–Trinajstić information content (AvgIpc) is 1.88. The molecule has 5 heteroatoms. The molecule has 0 amide bonds. The summed E-state index contributed by atoms with van der Waals surface area (Å²) in [6, 6.07) is 0. The van der Waals surface area contributed by atoms with Crippen molar-refractivity contribution in [1.82, 2.24) is 0 Å². The summed E-state index contributed by atoms with van der Waals surface area (Å²) in [4.78, 5) is 0. The molecule has 1 atom stereocenters. The molecule has 0 aromatic rings. The third-order valence-electron chi connectivity index (χ3n) is 0.843. The summed E-state index contributed by atoms with van der Waals surface area (Å²) < 4.78 is 37.3. The Morgan fingerprint density at radius 1 is 1.60 bits per heavy atom. The Balaban J connectivity index is 3.22. The van der Waals surface area contributed by atoms with E-state index in [1.54, 1.807) is 0 Å². The van der Waals surface area contributed by atoms with Gasteiger partial charge in [-0.2, -0.15) is 8.78 Å². The fraction of sp³-hybridized carbons (Fsp3) is 1.00. The summed E-state index contributed by atoms with van der Waals surface area (Å²) in [5.74, 6) is -2.88. The molecule has 0 saturated carbocycles. The third kappa shape index (κ3) is 4.81. The second-order valence-corrected chi connectivity index (χ2v) is 2.81. The van der Waals surface area contributed by atoms with Crippen molar-refractivity contribution in [3.63, 3.8) is 0 Å². The van der Waals surface area contributed by atoms with E-state index in [-0.39, 0.29) is 6.61 Å². The predicted octanol–water partition coefficient (Wildman–Crippen LogP) is 1.69. The summed E-state index contributed by atoms with van der Waals surface area (Å²) in [5.41, 5.74) is 0. The number of alkyl halides is 2. The van der Waals surface area contributed by atoms with Crippen molar-refractivity contribution in [2.24, 2.45) is 0 Å². The minimum atomic E-state index is -2.88. The van der Waals surface area contributed by atoms with Crippen molar-refractivity contribution in [3.05, 3.63) is 0 Å². The lowest BCUT2D eigenvalue weighted by Gasteiger charge is -1.99. The average molecular weight is 172 g/mol. The van der Waals surface area contributed by atoms with Gasteiger partial charge in [0.15, 0.2) is 0 Å². The van der Waals surface area contributed by atoms with Crippen molar-refractivity contribution >= 4 is 11.1 Å². The van der Waals surface area contributed by atoms with Crippen LogP contribution in [0.25, 0.3) is 0 Å². The molecule has 0 bridgehead atoms. The second kappa shape index (κ2) is 5.73. The molecule has 0 radical (unpaired) electrons. The first-order valence-electron chi connectivity index (χ1n) is 3.00. The Morgan fingerprint density at radius 3 is 2.60 bits per heavy atom. The van der Waals surface area contributed by atoms with Crippen LogP contribution in [0.2, 0.25) is 0 Å². The van der Waals surface area contributed by atoms with Gasteiger partial charge in [-0.1, -0.05) is 13.3 Å². The van der Waals surface area contributed by atoms with Gasteiger partial charge in [0, 0.05) is 0 Å². The van der Waals surface area contributed by atoms with Crippen LogP contribution in [-0.2, 0) is 15.3 Å². The van der Waals surface area contributed by atoms with Gasteiger partial charge < -0.3 is 0 Å². The molecule has 62 valence electrons. The van der Waals surface area contributed by atoms with Crippen LogP contribution in [0.3, 0.4) is 0 Å². The first-order chi connectivity index (χ1) is 4.68. The highest BCUT2D eigenvalue weighted by molar-refractivity contribution is 7.80. The van der Waals surface area contributed by atoms with Crippen molar-refractivity contribution < 1.29 is 17.2 Å². The number of halogens is 2. The summed E-state index contributed by atoms with van der Waals surface area (Å²) in [6.07, 6.45) is 1.51. The van der Waals surface area contributed by atoms with Gasteiger partial charge in [-0.15, -0.1) is 0 Å². The molecular weight excluding hydrogens is 162 g/mol. The molecule has 0 aliphatic carbocycles. The fourth-order valence-electron chi connectivity index (χ4n) is 0.337. The topological polar surface area (TPSA) is 26.3 Å². The number of hydrogen-bond donors (Lipinski definition) is 0. The molecule has 0 fully saturated rings. The first-order valence-corrected chi connectivity index (χ1v) is 4.14. The Kier molecular flexibility index (Phi) is 5.71. The van der Waals surface area contributed by atoms with E-state index in [9.17, 15) is 13.0 Å². The van der Waals surface area contributed by atoms with Crippen LogP contribution in [0, 0.1) is 0 Å². The highest BCUT2D eigenvalue weighted by atomic mass is 32.2. The minimum absolute atomic E-state index is 0.146. The lowest BCUT2D eigenvalue weighted by molar-refractivity contribution is 0.213. The predicted molar refractivity (Wildman–Crippen MR) is 35.0 cm³/mol. The second-order valence-electron chi connectivity index (χ2n) is 1.70. The molecule has 0 N–H and O–H groups in total. The maximum atomic E-state index is 11.4. The van der Waals surface area contributed by atoms with Gasteiger partial charge >= 0.3 is 5.76 Å². The number of hydrogen-bond acceptors (Lipinski definition) is 2. The summed E-state index contributed by atoms with van der Waals surface area (Å²) >= 11 is -2.41. The summed E-state index contributed by atoms with van der Waals surface area (Å²) in [5, 5.41) is 0. The quantitative estimate of drug-likeness (QED) is 0.590. The van der Waals surface area contributed by atoms with E-state index in [4.69, 9.17) is 0 Å². The molecule has 0 rings (SSSR count). The molecule has 0 aromatic heterocycles. The maximum absolute atomic E-state index is 11.4. The van der Waals surface area contributed by atoms with Gasteiger partial charge in [-0.25, -0.2) is 4.21 Å². The lowest BCUT2D eigenvalue weighted by atomic mass is 10.4. The van der Waals surface area contributed by atoms with Crippen molar-refractivity contribution in [2.45, 2.75) is 25.5 Å². The normalized spacial score (nSPS) is 14.0. The molecule has 0 spiro atoms. The molecule has 1 unspecified atom stereocenters. The van der Waals surface area contributed by atoms with Gasteiger partial charge in [0.25, 0.3) is 0 Å². The van der Waals surface area contributed by atoms with E-state index in [2.05, 4.69) is 4.18 Å². The van der Waals surface area contributed by atoms with Crippen molar-refractivity contribution in [3.8, 4) is 0 Å². The number of rotatable bonds is 5. The van der Waals surface area contributed by atoms with Crippen LogP contribution in [0.5, 0.6) is 0 Å². The molecule has 0 saturated heterocycles. The molecule has 0 aliphatic heterocycles. The monoisotopic (exact) mass is 172 g/mol. The van der Waals surface area contributed by atoms with Gasteiger partial charge in [-0.3, -0.25) is 4.18 Å². The largest absolute Gasteiger partial charge is 0.336 e. The summed E-state index contributed by atoms with van der Waals surface area (Å²) in [6.45, 7) is 2.04. The standard InChI is InChI=1S/C5H10F2O2S/c1-2-3-4-9-10(8)5(6)7/h5H,2-4H2,1H3. The van der Waals surface area contributed by atoms with E-state index in [0.717, 1.165) is 6.42 Å². The Labute approximate surface area is 61.2 Å². The molecular formula is C5H10F2O2S. The SMILES string of the molecule is CCCCOS(=O)C(F)F. The van der Waals surface area contributed by atoms with Crippen LogP contribution in [0.15, 0.2) is 0 Å². The highest BCUT2D eigenvalue weighted by Gasteiger charge is 2.12. The molecule has 2 nitrogen and oxygen atoms in total. The maximum Gasteiger partial charge on any atom is 0.336 e. The van der Waals surface area contributed by atoms with Crippen LogP contribution < -0.4 is 0 Å². The van der Waals surface area contributed by atoms with Crippen LogP contribution >= 0.6 is 0 Å². The molecule has 0 heterocycles. The van der Waals surface area contributed by atoms with E-state index in [0.29, 0.717) is 6.42 Å². The van der Waals surface area contributed by atoms with E-state index >= 15 is 0 Å². The fourth-order valence-corrected chi connectivity index (χ4v) is 0.722. The van der Waals surface area contributed by atoms with Gasteiger partial charge in [0.2, 0.25) is 11.1 Å². The highest BCUT2D eigenvalue weighted by Crippen LogP contribution is 2.02. The van der Waals surface area contributed by atoms with E-state index in [1.165, 1.54) is 0 Å². The molecule has 0 aromatic carbocycles. The van der Waals surface area contributed by atoms with Gasteiger partial charge in [0.05, 0.1) is 6.61 Å². The lowest BCUT2D eigenvalue weighted by Crippen LogP contribution is -2.07. The number of unbranched alkanes of at least 4 members (excludes halogenated alkanes) is 1. The van der Waals surface area contributed by atoms with Gasteiger partial charge in [-0.05, 0) is 6.42 Å². The zero-order valence-electron chi connectivity index (χ0n) is 5.68. The van der Waals surface area contributed by atoms with E-state index in [1.807, 2.05) is 6.92 Å². The molecule has 10 heavy (non-hydrogen) atoms. The minimum Gasteiger partial charge on any atom is -0.286 e. The van der Waals surface area contributed by atoms with Crippen LogP contribution in [0.4, 0.5) is 8.78 Å². The molecule has 0 aliphatic rings. The van der Waals surface area contributed by atoms with Crippen LogP contribution in [-0.4, -0.2) is 16.6 Å². The first kappa shape index (κ1) is 9.97. The zero-order valence-corrected chi connectivity index (χ0v) is 6.50. The van der Waals surface area contributed by atoms with Crippen molar-refractivity contribution in [1.29, 1.82) is 0 Å². The Morgan fingerprint density at radius 2 is 2.20 bits per heavy atom.